The van der Waals surface area contributed by atoms with Gasteiger partial charge >= 0.3 is 11.9 Å². The standard InChI is InChI=1S/C51H85NO6/c1-52(2)46-47-43-48(57-41-37-33-29-25-21-17-13-9-5-3-7-11-15-19-23-27-31-35-39-50(53)54)45-49(44-47)58-42-38-34-30-26-22-18-14-10-6-4-8-12-16-20-24-28-32-36-40-51(55)56/h5-12,43-45H,3-4,13-42,46H2,1-2H3,(H,53,54)(H,55,56)/b9-5-,10-6-,11-7-,12-8-. The van der Waals surface area contributed by atoms with E-state index in [-0.39, 0.29) is 0 Å². The van der Waals surface area contributed by atoms with Gasteiger partial charge < -0.3 is 24.6 Å². The highest BCUT2D eigenvalue weighted by Gasteiger charge is 2.06. The number of hydrogen-bond acceptors (Lipinski definition) is 5. The Morgan fingerprint density at radius 1 is 0.448 bits per heavy atom. The first-order chi connectivity index (χ1) is 28.4. The van der Waals surface area contributed by atoms with Crippen molar-refractivity contribution in [3.05, 3.63) is 72.4 Å². The fraction of sp³-hybridized carbons (Fsp3) is 0.686. The summed E-state index contributed by atoms with van der Waals surface area (Å²) in [6, 6.07) is 6.39. The van der Waals surface area contributed by atoms with E-state index in [1.165, 1.54) is 108 Å². The molecule has 0 amide bonds. The molecule has 0 radical (unpaired) electrons. The first kappa shape index (κ1) is 52.7. The van der Waals surface area contributed by atoms with Crippen molar-refractivity contribution in [2.75, 3.05) is 27.3 Å². The molecular formula is C51H85NO6. The molecule has 1 aromatic carbocycles. The highest BCUT2D eigenvalue weighted by molar-refractivity contribution is 5.66. The summed E-state index contributed by atoms with van der Waals surface area (Å²) in [4.78, 5) is 23.2. The molecule has 7 heteroatoms. The molecule has 1 rings (SSSR count). The van der Waals surface area contributed by atoms with Gasteiger partial charge in [-0.2, -0.15) is 0 Å². The number of hydrogen-bond donors (Lipinski definition) is 2. The molecule has 7 nitrogen and oxygen atoms in total. The van der Waals surface area contributed by atoms with Crippen molar-refractivity contribution in [2.45, 2.75) is 199 Å². The van der Waals surface area contributed by atoms with Crippen molar-refractivity contribution in [2.24, 2.45) is 0 Å². The van der Waals surface area contributed by atoms with E-state index < -0.39 is 11.9 Å². The van der Waals surface area contributed by atoms with Crippen LogP contribution in [0.1, 0.15) is 198 Å². The van der Waals surface area contributed by atoms with Crippen LogP contribution < -0.4 is 9.47 Å². The molecule has 2 N–H and O–H groups in total. The number of carboxylic acids is 2. The lowest BCUT2D eigenvalue weighted by atomic mass is 10.1. The van der Waals surface area contributed by atoms with Gasteiger partial charge in [0.2, 0.25) is 0 Å². The summed E-state index contributed by atoms with van der Waals surface area (Å²) in [6.45, 7) is 2.37. The number of benzene rings is 1. The summed E-state index contributed by atoms with van der Waals surface area (Å²) < 4.78 is 12.4. The Bertz CT molecular complexity index is 1150. The lowest BCUT2D eigenvalue weighted by Gasteiger charge is -2.15. The van der Waals surface area contributed by atoms with E-state index in [0.717, 1.165) is 108 Å². The third-order valence-corrected chi connectivity index (χ3v) is 10.2. The van der Waals surface area contributed by atoms with E-state index in [2.05, 4.69) is 85.8 Å². The van der Waals surface area contributed by atoms with Gasteiger partial charge in [0, 0.05) is 25.5 Å². The zero-order chi connectivity index (χ0) is 42.0. The van der Waals surface area contributed by atoms with Gasteiger partial charge in [-0.15, -0.1) is 0 Å². The largest absolute Gasteiger partial charge is 0.493 e. The summed E-state index contributed by atoms with van der Waals surface area (Å²) in [5.41, 5.74) is 1.23. The van der Waals surface area contributed by atoms with Gasteiger partial charge in [0.25, 0.3) is 0 Å². The molecule has 58 heavy (non-hydrogen) atoms. The number of allylic oxidation sites excluding steroid dienone is 8. The van der Waals surface area contributed by atoms with E-state index in [1.807, 2.05) is 0 Å². The molecule has 0 bridgehead atoms. The zero-order valence-electron chi connectivity index (χ0n) is 37.2. The van der Waals surface area contributed by atoms with E-state index in [9.17, 15) is 9.59 Å². The number of ether oxygens (including phenoxy) is 2. The van der Waals surface area contributed by atoms with Gasteiger partial charge in [-0.3, -0.25) is 9.59 Å². The molecule has 0 aliphatic carbocycles. The molecule has 330 valence electrons. The van der Waals surface area contributed by atoms with Crippen LogP contribution in [-0.4, -0.2) is 54.4 Å². The van der Waals surface area contributed by atoms with Crippen LogP contribution in [-0.2, 0) is 16.1 Å². The van der Waals surface area contributed by atoms with Crippen LogP contribution in [0.5, 0.6) is 11.5 Å². The third-order valence-electron chi connectivity index (χ3n) is 10.2. The molecule has 0 heterocycles. The highest BCUT2D eigenvalue weighted by atomic mass is 16.5. The van der Waals surface area contributed by atoms with Gasteiger partial charge in [-0.1, -0.05) is 138 Å². The average molecular weight is 808 g/mol. The maximum Gasteiger partial charge on any atom is 0.303 e. The predicted molar refractivity (Wildman–Crippen MR) is 245 cm³/mol. The lowest BCUT2D eigenvalue weighted by molar-refractivity contribution is -0.138. The van der Waals surface area contributed by atoms with Crippen molar-refractivity contribution < 1.29 is 29.3 Å². The molecule has 0 aromatic heterocycles. The monoisotopic (exact) mass is 808 g/mol. The second-order valence-electron chi connectivity index (χ2n) is 16.3. The number of carboxylic acid groups (broad SMARTS) is 2. The first-order valence-electron chi connectivity index (χ1n) is 23.4. The second-order valence-corrected chi connectivity index (χ2v) is 16.3. The predicted octanol–water partition coefficient (Wildman–Crippen LogP) is 14.6. The van der Waals surface area contributed by atoms with Crippen LogP contribution in [0.3, 0.4) is 0 Å². The second kappa shape index (κ2) is 40.5. The van der Waals surface area contributed by atoms with Gasteiger partial charge in [-0.05, 0) is 122 Å². The highest BCUT2D eigenvalue weighted by Crippen LogP contribution is 2.25. The van der Waals surface area contributed by atoms with Gasteiger partial charge in [0.05, 0.1) is 13.2 Å². The van der Waals surface area contributed by atoms with E-state index >= 15 is 0 Å². The Kier molecular flexibility index (Phi) is 36.8. The quantitative estimate of drug-likeness (QED) is 0.0501. The third kappa shape index (κ3) is 38.2. The first-order valence-corrected chi connectivity index (χ1v) is 23.4. The number of aliphatic carboxylic acids is 2. The molecule has 0 saturated heterocycles. The van der Waals surface area contributed by atoms with E-state index in [1.54, 1.807) is 0 Å². The Hall–Kier alpha value is -3.32. The SMILES string of the molecule is CN(C)Cc1cc(OCCCCCCCC/C=C\C/C=C\CCCCCCCC(=O)O)cc(OCCCCCCCC/C=C\C/C=C\CCCCCCCC(=O)O)c1. The summed E-state index contributed by atoms with van der Waals surface area (Å²) in [5.74, 6) is 0.481. The molecule has 0 spiro atoms. The molecular weight excluding hydrogens is 723 g/mol. The molecule has 0 saturated carbocycles. The topological polar surface area (TPSA) is 96.3 Å². The molecule has 0 fully saturated rings. The van der Waals surface area contributed by atoms with Crippen LogP contribution in [0.25, 0.3) is 0 Å². The molecule has 1 aromatic rings. The van der Waals surface area contributed by atoms with Crippen LogP contribution in [0.4, 0.5) is 0 Å². The van der Waals surface area contributed by atoms with Gasteiger partial charge in [0.1, 0.15) is 11.5 Å². The summed E-state index contributed by atoms with van der Waals surface area (Å²) in [6.07, 6.45) is 51.2. The molecule has 0 aliphatic rings. The number of rotatable bonds is 42. The average Bonchev–Trinajstić information content (AvgIpc) is 3.18. The number of carbonyl (C=O) groups is 2. The van der Waals surface area contributed by atoms with Crippen LogP contribution in [0.15, 0.2) is 66.8 Å². The minimum Gasteiger partial charge on any atom is -0.493 e. The smallest absolute Gasteiger partial charge is 0.303 e. The summed E-state index contributed by atoms with van der Waals surface area (Å²) in [5, 5.41) is 17.3. The summed E-state index contributed by atoms with van der Waals surface area (Å²) in [7, 11) is 4.19. The minimum absolute atomic E-state index is 0.306. The van der Waals surface area contributed by atoms with E-state index in [4.69, 9.17) is 19.7 Å². The maximum absolute atomic E-state index is 10.5. The maximum atomic E-state index is 10.5. The normalized spacial score (nSPS) is 12.0. The van der Waals surface area contributed by atoms with Gasteiger partial charge in [-0.25, -0.2) is 0 Å². The summed E-state index contributed by atoms with van der Waals surface area (Å²) >= 11 is 0. The zero-order valence-corrected chi connectivity index (χ0v) is 37.2. The molecule has 0 unspecified atom stereocenters. The Balaban J connectivity index is 2.05. The minimum atomic E-state index is -0.680. The molecule has 0 atom stereocenters. The fourth-order valence-electron chi connectivity index (χ4n) is 6.93. The van der Waals surface area contributed by atoms with Crippen molar-refractivity contribution >= 4 is 11.9 Å². The number of nitrogens with zero attached hydrogens (tertiary/aromatic N) is 1. The Morgan fingerprint density at radius 3 is 1.09 bits per heavy atom. The molecule has 0 aliphatic heterocycles. The number of unbranched alkanes of at least 4 members (excludes halogenated alkanes) is 22. The lowest BCUT2D eigenvalue weighted by Crippen LogP contribution is -2.11. The fourth-order valence-corrected chi connectivity index (χ4v) is 6.93. The van der Waals surface area contributed by atoms with Crippen molar-refractivity contribution in [1.29, 1.82) is 0 Å². The van der Waals surface area contributed by atoms with Crippen LogP contribution in [0, 0.1) is 0 Å². The van der Waals surface area contributed by atoms with Crippen LogP contribution in [0.2, 0.25) is 0 Å². The van der Waals surface area contributed by atoms with Crippen molar-refractivity contribution in [3.8, 4) is 11.5 Å². The Labute approximate surface area is 355 Å². The van der Waals surface area contributed by atoms with Crippen molar-refractivity contribution in [1.82, 2.24) is 4.90 Å². The van der Waals surface area contributed by atoms with Gasteiger partial charge in [0.15, 0.2) is 0 Å². The van der Waals surface area contributed by atoms with E-state index in [0.29, 0.717) is 12.8 Å². The van der Waals surface area contributed by atoms with Crippen molar-refractivity contribution in [3.63, 3.8) is 0 Å². The van der Waals surface area contributed by atoms with Crippen LogP contribution >= 0.6 is 0 Å². The Morgan fingerprint density at radius 2 is 0.759 bits per heavy atom.